The summed E-state index contributed by atoms with van der Waals surface area (Å²) in [5.74, 6) is -1.17. The number of para-hydroxylation sites is 1. The molecule has 0 saturated heterocycles. The van der Waals surface area contributed by atoms with Gasteiger partial charge in [0, 0.05) is 11.3 Å². The van der Waals surface area contributed by atoms with Gasteiger partial charge in [-0.25, -0.2) is 0 Å². The molecule has 5 heteroatoms. The fourth-order valence-corrected chi connectivity index (χ4v) is 1.28. The molecule has 0 aliphatic rings. The molecule has 1 aromatic rings. The highest BCUT2D eigenvalue weighted by molar-refractivity contribution is 5.67. The SMILES string of the molecule is Nc1ccccc1C(O)C(O)CC(=O)O. The van der Waals surface area contributed by atoms with E-state index >= 15 is 0 Å². The van der Waals surface area contributed by atoms with Crippen molar-refractivity contribution in [2.45, 2.75) is 18.6 Å². The van der Waals surface area contributed by atoms with E-state index in [-0.39, 0.29) is 0 Å². The second-order valence-corrected chi connectivity index (χ2v) is 3.24. The van der Waals surface area contributed by atoms with Gasteiger partial charge in [-0.05, 0) is 6.07 Å². The Balaban J connectivity index is 2.80. The lowest BCUT2D eigenvalue weighted by Crippen LogP contribution is -2.22. The standard InChI is InChI=1S/C10H13NO4/c11-7-4-2-1-3-6(7)10(15)8(12)5-9(13)14/h1-4,8,10,12,15H,5,11H2,(H,13,14). The number of carbonyl (C=O) groups is 1. The molecule has 5 nitrogen and oxygen atoms in total. The number of nitrogen functional groups attached to an aromatic ring is 1. The lowest BCUT2D eigenvalue weighted by molar-refractivity contribution is -0.141. The molecule has 1 rings (SSSR count). The molecule has 0 amide bonds. The van der Waals surface area contributed by atoms with Crippen molar-refractivity contribution < 1.29 is 20.1 Å². The molecular weight excluding hydrogens is 198 g/mol. The summed E-state index contributed by atoms with van der Waals surface area (Å²) in [4.78, 5) is 10.3. The number of hydrogen-bond acceptors (Lipinski definition) is 4. The van der Waals surface area contributed by atoms with Crippen LogP contribution in [0.5, 0.6) is 0 Å². The minimum absolute atomic E-state index is 0.328. The van der Waals surface area contributed by atoms with Crippen molar-refractivity contribution in [1.82, 2.24) is 0 Å². The van der Waals surface area contributed by atoms with Crippen molar-refractivity contribution in [3.05, 3.63) is 29.8 Å². The maximum atomic E-state index is 10.3. The van der Waals surface area contributed by atoms with Crippen molar-refractivity contribution in [3.8, 4) is 0 Å². The first-order chi connectivity index (χ1) is 7.02. The summed E-state index contributed by atoms with van der Waals surface area (Å²) in [6.45, 7) is 0. The molecule has 0 aliphatic carbocycles. The number of aliphatic carboxylic acids is 1. The first-order valence-electron chi connectivity index (χ1n) is 4.44. The van der Waals surface area contributed by atoms with Crippen LogP contribution in [0.15, 0.2) is 24.3 Å². The molecule has 0 saturated carbocycles. The van der Waals surface area contributed by atoms with Gasteiger partial charge in [0.05, 0.1) is 12.5 Å². The van der Waals surface area contributed by atoms with Crippen LogP contribution in [0.1, 0.15) is 18.1 Å². The molecule has 0 fully saturated rings. The van der Waals surface area contributed by atoms with Crippen LogP contribution >= 0.6 is 0 Å². The van der Waals surface area contributed by atoms with Gasteiger partial charge in [-0.1, -0.05) is 18.2 Å². The molecule has 0 spiro atoms. The lowest BCUT2D eigenvalue weighted by Gasteiger charge is -2.17. The molecule has 1 aromatic carbocycles. The van der Waals surface area contributed by atoms with E-state index in [1.165, 1.54) is 0 Å². The van der Waals surface area contributed by atoms with E-state index in [4.69, 9.17) is 10.8 Å². The molecule has 2 atom stereocenters. The van der Waals surface area contributed by atoms with E-state index in [2.05, 4.69) is 0 Å². The van der Waals surface area contributed by atoms with Gasteiger partial charge in [0.15, 0.2) is 0 Å². The molecule has 0 aliphatic heterocycles. The molecule has 82 valence electrons. The third-order valence-corrected chi connectivity index (χ3v) is 2.06. The highest BCUT2D eigenvalue weighted by Gasteiger charge is 2.22. The van der Waals surface area contributed by atoms with Gasteiger partial charge in [-0.3, -0.25) is 4.79 Å². The molecule has 15 heavy (non-hydrogen) atoms. The van der Waals surface area contributed by atoms with Crippen molar-refractivity contribution in [2.75, 3.05) is 5.73 Å². The third kappa shape index (κ3) is 2.93. The Morgan fingerprint density at radius 2 is 1.93 bits per heavy atom. The largest absolute Gasteiger partial charge is 0.481 e. The number of rotatable bonds is 4. The second kappa shape index (κ2) is 4.77. The van der Waals surface area contributed by atoms with Crippen LogP contribution in [0, 0.1) is 0 Å². The lowest BCUT2D eigenvalue weighted by atomic mass is 10.0. The fourth-order valence-electron chi connectivity index (χ4n) is 1.28. The van der Waals surface area contributed by atoms with Crippen molar-refractivity contribution in [1.29, 1.82) is 0 Å². The molecule has 0 aromatic heterocycles. The summed E-state index contributed by atoms with van der Waals surface area (Å²) in [6, 6.07) is 6.47. The Kier molecular flexibility index (Phi) is 3.65. The van der Waals surface area contributed by atoms with Crippen LogP contribution < -0.4 is 5.73 Å². The average molecular weight is 211 g/mol. The number of benzene rings is 1. The average Bonchev–Trinajstić information content (AvgIpc) is 2.16. The van der Waals surface area contributed by atoms with E-state index in [9.17, 15) is 15.0 Å². The summed E-state index contributed by atoms with van der Waals surface area (Å²) in [6.07, 6.45) is -3.15. The van der Waals surface area contributed by atoms with Gasteiger partial charge < -0.3 is 21.1 Å². The Bertz CT molecular complexity index is 353. The summed E-state index contributed by atoms with van der Waals surface area (Å²) < 4.78 is 0. The zero-order valence-electron chi connectivity index (χ0n) is 8.00. The van der Waals surface area contributed by atoms with Gasteiger partial charge in [0.25, 0.3) is 0 Å². The number of carboxylic acid groups (broad SMARTS) is 1. The summed E-state index contributed by atoms with van der Waals surface area (Å²) in [7, 11) is 0. The van der Waals surface area contributed by atoms with Crippen LogP contribution in [0.3, 0.4) is 0 Å². The highest BCUT2D eigenvalue weighted by Crippen LogP contribution is 2.23. The molecule has 0 radical (unpaired) electrons. The third-order valence-electron chi connectivity index (χ3n) is 2.06. The van der Waals surface area contributed by atoms with Gasteiger partial charge in [0.2, 0.25) is 0 Å². The fraction of sp³-hybridized carbons (Fsp3) is 0.300. The Labute approximate surface area is 86.8 Å². The first-order valence-corrected chi connectivity index (χ1v) is 4.44. The van der Waals surface area contributed by atoms with Crippen LogP contribution in [-0.4, -0.2) is 27.4 Å². The maximum Gasteiger partial charge on any atom is 0.306 e. The van der Waals surface area contributed by atoms with Crippen LogP contribution in [0.2, 0.25) is 0 Å². The van der Waals surface area contributed by atoms with Gasteiger partial charge >= 0.3 is 5.97 Å². The summed E-state index contributed by atoms with van der Waals surface area (Å²) in [5, 5.41) is 27.5. The van der Waals surface area contributed by atoms with Crippen molar-refractivity contribution in [2.24, 2.45) is 0 Å². The van der Waals surface area contributed by atoms with E-state index in [1.807, 2.05) is 0 Å². The predicted molar refractivity (Wildman–Crippen MR) is 54.1 cm³/mol. The number of anilines is 1. The minimum Gasteiger partial charge on any atom is -0.481 e. The van der Waals surface area contributed by atoms with Crippen LogP contribution in [-0.2, 0) is 4.79 Å². The normalized spacial score (nSPS) is 14.5. The van der Waals surface area contributed by atoms with E-state index in [0.717, 1.165) is 0 Å². The van der Waals surface area contributed by atoms with Gasteiger partial charge in [-0.2, -0.15) is 0 Å². The second-order valence-electron chi connectivity index (χ2n) is 3.24. The van der Waals surface area contributed by atoms with Gasteiger partial charge in [-0.15, -0.1) is 0 Å². The van der Waals surface area contributed by atoms with Crippen LogP contribution in [0.25, 0.3) is 0 Å². The number of aliphatic hydroxyl groups is 2. The Morgan fingerprint density at radius 1 is 1.33 bits per heavy atom. The number of nitrogens with two attached hydrogens (primary N) is 1. The molecule has 0 bridgehead atoms. The zero-order valence-corrected chi connectivity index (χ0v) is 8.00. The summed E-state index contributed by atoms with van der Waals surface area (Å²) in [5.41, 5.74) is 6.24. The van der Waals surface area contributed by atoms with Gasteiger partial charge in [0.1, 0.15) is 6.10 Å². The Hall–Kier alpha value is -1.59. The van der Waals surface area contributed by atoms with E-state index < -0.39 is 24.6 Å². The zero-order chi connectivity index (χ0) is 11.4. The smallest absolute Gasteiger partial charge is 0.306 e. The number of aliphatic hydroxyl groups excluding tert-OH is 2. The topological polar surface area (TPSA) is 104 Å². The molecule has 5 N–H and O–H groups in total. The van der Waals surface area contributed by atoms with Crippen LogP contribution in [0.4, 0.5) is 5.69 Å². The highest BCUT2D eigenvalue weighted by atomic mass is 16.4. The number of hydrogen-bond donors (Lipinski definition) is 4. The minimum atomic E-state index is -1.35. The quantitative estimate of drug-likeness (QED) is 0.530. The van der Waals surface area contributed by atoms with Crippen molar-refractivity contribution in [3.63, 3.8) is 0 Å². The van der Waals surface area contributed by atoms with Crippen molar-refractivity contribution >= 4 is 11.7 Å². The van der Waals surface area contributed by atoms with E-state index in [0.29, 0.717) is 11.3 Å². The van der Waals surface area contributed by atoms with E-state index in [1.54, 1.807) is 24.3 Å². The number of carboxylic acids is 1. The molecular formula is C10H13NO4. The maximum absolute atomic E-state index is 10.3. The predicted octanol–water partition coefficient (Wildman–Crippen LogP) is 0.138. The molecule has 2 unspecified atom stereocenters. The monoisotopic (exact) mass is 211 g/mol. The first kappa shape index (κ1) is 11.5. The Morgan fingerprint density at radius 3 is 2.47 bits per heavy atom. The molecule has 0 heterocycles. The summed E-state index contributed by atoms with van der Waals surface area (Å²) >= 11 is 0.